The Morgan fingerprint density at radius 3 is 2.88 bits per heavy atom. The minimum absolute atomic E-state index is 0.0858. The van der Waals surface area contributed by atoms with Gasteiger partial charge in [-0.3, -0.25) is 4.79 Å². The van der Waals surface area contributed by atoms with E-state index in [-0.39, 0.29) is 18.3 Å². The first-order valence-corrected chi connectivity index (χ1v) is 8.30. The largest absolute Gasteiger partial charge is 0.486 e. The van der Waals surface area contributed by atoms with Crippen LogP contribution < -0.4 is 10.1 Å². The summed E-state index contributed by atoms with van der Waals surface area (Å²) < 4.78 is 32.0. The summed E-state index contributed by atoms with van der Waals surface area (Å²) in [5, 5.41) is 10.9. The Hall–Kier alpha value is -2.74. The number of carbonyl (C=O) groups excluding carboxylic acids is 1. The summed E-state index contributed by atoms with van der Waals surface area (Å²) in [5.41, 5.74) is 1.53. The highest BCUT2D eigenvalue weighted by atomic mass is 32.2. The number of benzene rings is 2. The van der Waals surface area contributed by atoms with E-state index in [0.29, 0.717) is 10.9 Å². The maximum atomic E-state index is 13.6. The van der Waals surface area contributed by atoms with Crippen LogP contribution in [0.15, 0.2) is 52.7 Å². The molecular weight excluding hydrogens is 348 g/mol. The lowest BCUT2D eigenvalue weighted by Crippen LogP contribution is -2.19. The second-order valence-electron chi connectivity index (χ2n) is 5.07. The van der Waals surface area contributed by atoms with Gasteiger partial charge in [-0.05, 0) is 29.3 Å². The topological polar surface area (TPSA) is 63.0 Å². The quantitative estimate of drug-likeness (QED) is 0.658. The summed E-state index contributed by atoms with van der Waals surface area (Å²) in [7, 11) is 0. The van der Waals surface area contributed by atoms with Crippen LogP contribution in [0.2, 0.25) is 0 Å². The number of thioether (sulfide) groups is 1. The maximum Gasteiger partial charge on any atom is 0.236 e. The first kappa shape index (κ1) is 17.1. The van der Waals surface area contributed by atoms with E-state index in [1.807, 2.05) is 6.07 Å². The van der Waals surface area contributed by atoms with Crippen LogP contribution in [0.1, 0.15) is 11.1 Å². The van der Waals surface area contributed by atoms with Crippen LogP contribution >= 0.6 is 11.8 Å². The van der Waals surface area contributed by atoms with Crippen molar-refractivity contribution in [3.8, 4) is 5.75 Å². The molecule has 0 bridgehead atoms. The lowest BCUT2D eigenvalue weighted by Gasteiger charge is -2.08. The molecule has 1 aliphatic heterocycles. The average molecular weight is 361 g/mol. The van der Waals surface area contributed by atoms with E-state index < -0.39 is 11.6 Å². The molecule has 1 fully saturated rings. The second-order valence-corrected chi connectivity index (χ2v) is 6.04. The van der Waals surface area contributed by atoms with Gasteiger partial charge in [-0.2, -0.15) is 9.49 Å². The third-order valence-electron chi connectivity index (χ3n) is 3.20. The predicted octanol–water partition coefficient (Wildman–Crippen LogP) is 3.10. The average Bonchev–Trinajstić information content (AvgIpc) is 3.02. The molecule has 1 saturated heterocycles. The predicted molar refractivity (Wildman–Crippen MR) is 92.8 cm³/mol. The third-order valence-corrected chi connectivity index (χ3v) is 4.07. The fourth-order valence-electron chi connectivity index (χ4n) is 2.05. The van der Waals surface area contributed by atoms with E-state index in [1.165, 1.54) is 30.1 Å². The Balaban J connectivity index is 1.63. The summed E-state index contributed by atoms with van der Waals surface area (Å²) in [6.45, 7) is 0.0858. The number of halogens is 2. The molecule has 25 heavy (non-hydrogen) atoms. The van der Waals surface area contributed by atoms with Crippen molar-refractivity contribution in [1.29, 1.82) is 0 Å². The van der Waals surface area contributed by atoms with E-state index in [9.17, 15) is 13.6 Å². The van der Waals surface area contributed by atoms with Gasteiger partial charge in [0.25, 0.3) is 0 Å². The normalized spacial score (nSPS) is 15.8. The van der Waals surface area contributed by atoms with E-state index in [4.69, 9.17) is 4.74 Å². The number of carbonyl (C=O) groups is 1. The van der Waals surface area contributed by atoms with Crippen molar-refractivity contribution < 1.29 is 18.3 Å². The van der Waals surface area contributed by atoms with Gasteiger partial charge in [-0.15, -0.1) is 5.10 Å². The zero-order valence-corrected chi connectivity index (χ0v) is 13.7. The van der Waals surface area contributed by atoms with Gasteiger partial charge < -0.3 is 10.1 Å². The van der Waals surface area contributed by atoms with Crippen LogP contribution in [0.5, 0.6) is 5.75 Å². The van der Waals surface area contributed by atoms with Crippen LogP contribution in [0.4, 0.5) is 8.78 Å². The van der Waals surface area contributed by atoms with Crippen LogP contribution in [0.3, 0.4) is 0 Å². The molecule has 1 N–H and O–H groups in total. The van der Waals surface area contributed by atoms with Gasteiger partial charge >= 0.3 is 0 Å². The minimum Gasteiger partial charge on any atom is -0.486 e. The molecule has 0 spiro atoms. The highest BCUT2D eigenvalue weighted by molar-refractivity contribution is 8.15. The first-order valence-electron chi connectivity index (χ1n) is 7.31. The van der Waals surface area contributed by atoms with Crippen LogP contribution in [0, 0.1) is 11.6 Å². The molecule has 0 atom stereocenters. The fourth-order valence-corrected chi connectivity index (χ4v) is 2.68. The number of amidine groups is 1. The number of nitrogens with zero attached hydrogens (tertiary/aromatic N) is 2. The van der Waals surface area contributed by atoms with Gasteiger partial charge in [0.05, 0.1) is 12.0 Å². The molecule has 8 heteroatoms. The molecular formula is C17H13F2N3O2S. The van der Waals surface area contributed by atoms with Gasteiger partial charge in [0, 0.05) is 0 Å². The SMILES string of the molecule is O=C1CSC(=NN=Cc2cccc(COc3cccc(F)c3F)c2)N1. The number of amides is 1. The lowest BCUT2D eigenvalue weighted by atomic mass is 10.1. The summed E-state index contributed by atoms with van der Waals surface area (Å²) in [6, 6.07) is 11.0. The number of ether oxygens (including phenoxy) is 1. The van der Waals surface area contributed by atoms with Crippen molar-refractivity contribution in [2.75, 3.05) is 5.75 Å². The monoisotopic (exact) mass is 361 g/mol. The van der Waals surface area contributed by atoms with Crippen molar-refractivity contribution >= 4 is 29.1 Å². The summed E-state index contributed by atoms with van der Waals surface area (Å²) >= 11 is 1.29. The molecule has 0 aromatic heterocycles. The zero-order chi connectivity index (χ0) is 17.6. The molecule has 3 rings (SSSR count). The molecule has 1 heterocycles. The molecule has 5 nitrogen and oxygen atoms in total. The van der Waals surface area contributed by atoms with E-state index in [1.54, 1.807) is 18.2 Å². The Bertz CT molecular complexity index is 856. The molecule has 0 unspecified atom stereocenters. The van der Waals surface area contributed by atoms with Gasteiger partial charge in [0.1, 0.15) is 6.61 Å². The molecule has 0 radical (unpaired) electrons. The molecule has 0 saturated carbocycles. The Kier molecular flexibility index (Phi) is 5.39. The van der Waals surface area contributed by atoms with Crippen molar-refractivity contribution in [3.63, 3.8) is 0 Å². The number of nitrogens with one attached hydrogen (secondary N) is 1. The first-order chi connectivity index (χ1) is 12.1. The lowest BCUT2D eigenvalue weighted by molar-refractivity contribution is -0.116. The minimum atomic E-state index is -1.01. The highest BCUT2D eigenvalue weighted by Gasteiger charge is 2.15. The van der Waals surface area contributed by atoms with Crippen LogP contribution in [-0.2, 0) is 11.4 Å². The van der Waals surface area contributed by atoms with Gasteiger partial charge in [0.2, 0.25) is 11.7 Å². The zero-order valence-electron chi connectivity index (χ0n) is 12.9. The van der Waals surface area contributed by atoms with Crippen molar-refractivity contribution in [1.82, 2.24) is 5.32 Å². The van der Waals surface area contributed by atoms with Gasteiger partial charge in [-0.1, -0.05) is 36.0 Å². The van der Waals surface area contributed by atoms with Crippen LogP contribution in [-0.4, -0.2) is 23.0 Å². The van der Waals surface area contributed by atoms with Crippen LogP contribution in [0.25, 0.3) is 0 Å². The number of hydrogen-bond acceptors (Lipinski definition) is 5. The number of hydrogen-bond donors (Lipinski definition) is 1. The smallest absolute Gasteiger partial charge is 0.236 e. The summed E-state index contributed by atoms with van der Waals surface area (Å²) in [4.78, 5) is 11.0. The molecule has 2 aromatic carbocycles. The summed E-state index contributed by atoms with van der Waals surface area (Å²) in [6.07, 6.45) is 1.53. The Morgan fingerprint density at radius 2 is 2.08 bits per heavy atom. The third kappa shape index (κ3) is 4.63. The van der Waals surface area contributed by atoms with Gasteiger partial charge in [-0.25, -0.2) is 4.39 Å². The second kappa shape index (κ2) is 7.89. The fraction of sp³-hybridized carbons (Fsp3) is 0.118. The van der Waals surface area contributed by atoms with Crippen molar-refractivity contribution in [3.05, 3.63) is 65.2 Å². The highest BCUT2D eigenvalue weighted by Crippen LogP contribution is 2.20. The number of rotatable bonds is 5. The van der Waals surface area contributed by atoms with Crippen molar-refractivity contribution in [2.24, 2.45) is 10.2 Å². The molecule has 1 amide bonds. The van der Waals surface area contributed by atoms with E-state index in [2.05, 4.69) is 15.5 Å². The summed E-state index contributed by atoms with van der Waals surface area (Å²) in [5.74, 6) is -1.85. The van der Waals surface area contributed by atoms with E-state index in [0.717, 1.165) is 17.2 Å². The molecule has 2 aromatic rings. The van der Waals surface area contributed by atoms with Crippen molar-refractivity contribution in [2.45, 2.75) is 6.61 Å². The Morgan fingerprint density at radius 1 is 1.24 bits per heavy atom. The van der Waals surface area contributed by atoms with E-state index >= 15 is 0 Å². The molecule has 1 aliphatic rings. The maximum absolute atomic E-state index is 13.6. The molecule has 128 valence electrons. The molecule has 0 aliphatic carbocycles. The van der Waals surface area contributed by atoms with Gasteiger partial charge in [0.15, 0.2) is 16.7 Å². The standard InChI is InChI=1S/C17H13F2N3O2S/c18-13-5-2-6-14(16(13)19)24-9-12-4-1-3-11(7-12)8-20-22-17-21-15(23)10-25-17/h1-8H,9-10H2,(H,21,22,23). The Labute approximate surface area is 146 Å².